The molecule has 0 atom stereocenters. The Bertz CT molecular complexity index is 557. The van der Waals surface area contributed by atoms with Gasteiger partial charge in [0.25, 0.3) is 5.91 Å². The maximum atomic E-state index is 12.9. The number of rotatable bonds is 2. The molecule has 0 saturated heterocycles. The van der Waals surface area contributed by atoms with Crippen LogP contribution in [0.3, 0.4) is 0 Å². The first-order valence-electron chi connectivity index (χ1n) is 4.94. The smallest absolute Gasteiger partial charge is 0.256 e. The van der Waals surface area contributed by atoms with E-state index in [-0.39, 0.29) is 11.4 Å². The van der Waals surface area contributed by atoms with Gasteiger partial charge in [-0.05, 0) is 30.3 Å². The molecule has 0 unspecified atom stereocenters. The van der Waals surface area contributed by atoms with Crippen LogP contribution in [0.5, 0.6) is 0 Å². The van der Waals surface area contributed by atoms with E-state index in [1.807, 2.05) is 0 Å². The van der Waals surface area contributed by atoms with Gasteiger partial charge in [0.05, 0.1) is 5.69 Å². The summed E-state index contributed by atoms with van der Waals surface area (Å²) in [5.41, 5.74) is 6.20. The van der Waals surface area contributed by atoms with Gasteiger partial charge < -0.3 is 11.1 Å². The molecule has 0 aliphatic heterocycles. The molecule has 0 saturated carbocycles. The molecule has 17 heavy (non-hydrogen) atoms. The number of hydrogen-bond donors (Lipinski definition) is 2. The lowest BCUT2D eigenvalue weighted by atomic mass is 10.2. The first-order valence-corrected chi connectivity index (χ1v) is 4.94. The summed E-state index contributed by atoms with van der Waals surface area (Å²) in [6.45, 7) is 0. The van der Waals surface area contributed by atoms with Gasteiger partial charge in [0.1, 0.15) is 5.82 Å². The molecule has 0 aliphatic carbocycles. The van der Waals surface area contributed by atoms with Gasteiger partial charge in [0.15, 0.2) is 5.82 Å². The zero-order valence-electron chi connectivity index (χ0n) is 8.85. The van der Waals surface area contributed by atoms with E-state index in [9.17, 15) is 9.18 Å². The summed E-state index contributed by atoms with van der Waals surface area (Å²) >= 11 is 0. The Labute approximate surface area is 97.3 Å². The molecular weight excluding hydrogens is 221 g/mol. The Balaban J connectivity index is 2.20. The number of carbonyl (C=O) groups is 1. The standard InChI is InChI=1S/C12H10FN3O/c13-9-4-1-3-8(7-9)12(17)16-11-10(14)5-2-6-15-11/h1-7H,14H2,(H,15,16,17). The topological polar surface area (TPSA) is 68.0 Å². The second kappa shape index (κ2) is 4.61. The molecule has 0 aliphatic rings. The molecule has 2 aromatic rings. The van der Waals surface area contributed by atoms with Crippen molar-refractivity contribution >= 4 is 17.4 Å². The minimum atomic E-state index is -0.466. The monoisotopic (exact) mass is 231 g/mol. The van der Waals surface area contributed by atoms with Gasteiger partial charge in [0.2, 0.25) is 0 Å². The lowest BCUT2D eigenvalue weighted by Crippen LogP contribution is -2.14. The SMILES string of the molecule is Nc1cccnc1NC(=O)c1cccc(F)c1. The number of amides is 1. The molecule has 5 heteroatoms. The third-order valence-electron chi connectivity index (χ3n) is 2.16. The fraction of sp³-hybridized carbons (Fsp3) is 0. The Kier molecular flexibility index (Phi) is 3.00. The highest BCUT2D eigenvalue weighted by molar-refractivity contribution is 6.04. The molecule has 4 nitrogen and oxygen atoms in total. The summed E-state index contributed by atoms with van der Waals surface area (Å²) < 4.78 is 12.9. The molecule has 2 rings (SSSR count). The van der Waals surface area contributed by atoms with Gasteiger partial charge in [-0.3, -0.25) is 4.79 Å². The Morgan fingerprint density at radius 2 is 2.12 bits per heavy atom. The summed E-state index contributed by atoms with van der Waals surface area (Å²) in [5, 5.41) is 2.51. The van der Waals surface area contributed by atoms with E-state index in [0.29, 0.717) is 5.69 Å². The van der Waals surface area contributed by atoms with Crippen molar-refractivity contribution in [2.24, 2.45) is 0 Å². The van der Waals surface area contributed by atoms with Crippen LogP contribution in [-0.4, -0.2) is 10.9 Å². The molecular formula is C12H10FN3O. The third-order valence-corrected chi connectivity index (χ3v) is 2.16. The summed E-state index contributed by atoms with van der Waals surface area (Å²) in [5.74, 6) is -0.650. The molecule has 86 valence electrons. The van der Waals surface area contributed by atoms with Crippen LogP contribution in [0.2, 0.25) is 0 Å². The number of benzene rings is 1. The number of halogens is 1. The van der Waals surface area contributed by atoms with E-state index < -0.39 is 11.7 Å². The average molecular weight is 231 g/mol. The fourth-order valence-corrected chi connectivity index (χ4v) is 1.33. The zero-order chi connectivity index (χ0) is 12.3. The molecule has 0 spiro atoms. The fourth-order valence-electron chi connectivity index (χ4n) is 1.33. The lowest BCUT2D eigenvalue weighted by Gasteiger charge is -2.06. The van der Waals surface area contributed by atoms with Crippen molar-refractivity contribution in [3.8, 4) is 0 Å². The second-order valence-electron chi connectivity index (χ2n) is 3.41. The number of pyridine rings is 1. The normalized spacial score (nSPS) is 9.94. The molecule has 1 heterocycles. The minimum Gasteiger partial charge on any atom is -0.396 e. The molecule has 0 radical (unpaired) electrons. The van der Waals surface area contributed by atoms with E-state index in [4.69, 9.17) is 5.73 Å². The van der Waals surface area contributed by atoms with Crippen molar-refractivity contribution in [3.05, 3.63) is 54.0 Å². The van der Waals surface area contributed by atoms with Crippen molar-refractivity contribution in [3.63, 3.8) is 0 Å². The number of nitrogens with two attached hydrogens (primary N) is 1. The van der Waals surface area contributed by atoms with Crippen LogP contribution in [0.4, 0.5) is 15.9 Å². The average Bonchev–Trinajstić information content (AvgIpc) is 2.32. The van der Waals surface area contributed by atoms with E-state index >= 15 is 0 Å². The van der Waals surface area contributed by atoms with Crippen molar-refractivity contribution < 1.29 is 9.18 Å². The Morgan fingerprint density at radius 1 is 1.29 bits per heavy atom. The summed E-state index contributed by atoms with van der Waals surface area (Å²) in [6.07, 6.45) is 1.51. The van der Waals surface area contributed by atoms with Crippen molar-refractivity contribution in [1.82, 2.24) is 4.98 Å². The van der Waals surface area contributed by atoms with Crippen LogP contribution in [0.25, 0.3) is 0 Å². The summed E-state index contributed by atoms with van der Waals surface area (Å²) in [6, 6.07) is 8.67. The highest BCUT2D eigenvalue weighted by Crippen LogP contribution is 2.14. The number of nitrogens with zero attached hydrogens (tertiary/aromatic N) is 1. The van der Waals surface area contributed by atoms with Crippen LogP contribution in [0, 0.1) is 5.82 Å². The van der Waals surface area contributed by atoms with Crippen LogP contribution in [0.15, 0.2) is 42.6 Å². The van der Waals surface area contributed by atoms with E-state index in [1.54, 1.807) is 12.1 Å². The number of anilines is 2. The van der Waals surface area contributed by atoms with E-state index in [2.05, 4.69) is 10.3 Å². The zero-order valence-corrected chi connectivity index (χ0v) is 8.85. The van der Waals surface area contributed by atoms with Crippen LogP contribution < -0.4 is 11.1 Å². The first-order chi connectivity index (χ1) is 8.16. The number of carbonyl (C=O) groups excluding carboxylic acids is 1. The second-order valence-corrected chi connectivity index (χ2v) is 3.41. The lowest BCUT2D eigenvalue weighted by molar-refractivity contribution is 0.102. The highest BCUT2D eigenvalue weighted by Gasteiger charge is 2.08. The van der Waals surface area contributed by atoms with Crippen LogP contribution >= 0.6 is 0 Å². The maximum absolute atomic E-state index is 12.9. The maximum Gasteiger partial charge on any atom is 0.256 e. The third kappa shape index (κ3) is 2.57. The first kappa shape index (κ1) is 11.1. The minimum absolute atomic E-state index is 0.218. The van der Waals surface area contributed by atoms with Crippen molar-refractivity contribution in [2.75, 3.05) is 11.1 Å². The van der Waals surface area contributed by atoms with Crippen LogP contribution in [-0.2, 0) is 0 Å². The number of aromatic nitrogens is 1. The predicted octanol–water partition coefficient (Wildman–Crippen LogP) is 2.06. The summed E-state index contributed by atoms with van der Waals surface area (Å²) in [7, 11) is 0. The van der Waals surface area contributed by atoms with Gasteiger partial charge in [-0.2, -0.15) is 0 Å². The van der Waals surface area contributed by atoms with Crippen molar-refractivity contribution in [2.45, 2.75) is 0 Å². The summed E-state index contributed by atoms with van der Waals surface area (Å²) in [4.78, 5) is 15.7. The van der Waals surface area contributed by atoms with Crippen molar-refractivity contribution in [1.29, 1.82) is 0 Å². The van der Waals surface area contributed by atoms with E-state index in [1.165, 1.54) is 24.4 Å². The van der Waals surface area contributed by atoms with Gasteiger partial charge in [-0.25, -0.2) is 9.37 Å². The number of hydrogen-bond acceptors (Lipinski definition) is 3. The number of nitrogen functional groups attached to an aromatic ring is 1. The molecule has 3 N–H and O–H groups in total. The predicted molar refractivity (Wildman–Crippen MR) is 63.0 cm³/mol. The van der Waals surface area contributed by atoms with E-state index in [0.717, 1.165) is 6.07 Å². The Morgan fingerprint density at radius 3 is 2.82 bits per heavy atom. The molecule has 0 fully saturated rings. The largest absolute Gasteiger partial charge is 0.396 e. The quantitative estimate of drug-likeness (QED) is 0.831. The molecule has 1 aromatic carbocycles. The van der Waals surface area contributed by atoms with Gasteiger partial charge >= 0.3 is 0 Å². The molecule has 0 bridgehead atoms. The Hall–Kier alpha value is -2.43. The number of nitrogens with one attached hydrogen (secondary N) is 1. The van der Waals surface area contributed by atoms with Gasteiger partial charge in [0, 0.05) is 11.8 Å². The van der Waals surface area contributed by atoms with Gasteiger partial charge in [-0.15, -0.1) is 0 Å². The molecule has 1 amide bonds. The van der Waals surface area contributed by atoms with Gasteiger partial charge in [-0.1, -0.05) is 6.07 Å². The van der Waals surface area contributed by atoms with Crippen LogP contribution in [0.1, 0.15) is 10.4 Å². The highest BCUT2D eigenvalue weighted by atomic mass is 19.1. The molecule has 1 aromatic heterocycles.